The number of hydrogen-bond donors (Lipinski definition) is 1. The maximum atomic E-state index is 5.79. The number of ether oxygens (including phenoxy) is 1. The summed E-state index contributed by atoms with van der Waals surface area (Å²) in [5, 5.41) is 3.39. The van der Waals surface area contributed by atoms with Crippen molar-refractivity contribution < 1.29 is 4.74 Å². The first kappa shape index (κ1) is 14.3. The lowest BCUT2D eigenvalue weighted by atomic mass is 9.81. The van der Waals surface area contributed by atoms with Crippen molar-refractivity contribution in [1.29, 1.82) is 0 Å². The minimum Gasteiger partial charge on any atom is -0.381 e. The second kappa shape index (κ2) is 6.36. The van der Waals surface area contributed by atoms with Crippen LogP contribution in [-0.2, 0) is 4.74 Å². The van der Waals surface area contributed by atoms with Gasteiger partial charge in [0, 0.05) is 37.2 Å². The molecule has 2 saturated heterocycles. The van der Waals surface area contributed by atoms with E-state index in [1.807, 2.05) is 0 Å². The smallest absolute Gasteiger partial charge is 0.0546 e. The standard InChI is InChI=1S/C15H30N2O/c1-4-14-7-6-13(2)17(14)11-15(10-16-3)8-5-9-18-12-15/h13-14,16H,4-12H2,1-3H3. The van der Waals surface area contributed by atoms with Gasteiger partial charge in [0.25, 0.3) is 0 Å². The first-order valence-corrected chi connectivity index (χ1v) is 7.69. The van der Waals surface area contributed by atoms with Gasteiger partial charge in [-0.1, -0.05) is 6.92 Å². The van der Waals surface area contributed by atoms with E-state index in [2.05, 4.69) is 31.1 Å². The fourth-order valence-electron chi connectivity index (χ4n) is 3.84. The molecule has 2 rings (SSSR count). The minimum atomic E-state index is 0.346. The maximum absolute atomic E-state index is 5.79. The first-order valence-electron chi connectivity index (χ1n) is 7.69. The zero-order chi connectivity index (χ0) is 13.0. The van der Waals surface area contributed by atoms with E-state index in [4.69, 9.17) is 4.74 Å². The molecule has 0 spiro atoms. The van der Waals surface area contributed by atoms with Crippen LogP contribution in [0, 0.1) is 5.41 Å². The SMILES string of the molecule is CCC1CCC(C)N1CC1(CNC)CCCOC1. The van der Waals surface area contributed by atoms with E-state index in [0.29, 0.717) is 5.41 Å². The first-order chi connectivity index (χ1) is 8.71. The van der Waals surface area contributed by atoms with Gasteiger partial charge in [-0.2, -0.15) is 0 Å². The molecule has 0 amide bonds. The molecule has 1 N–H and O–H groups in total. The average Bonchev–Trinajstić information content (AvgIpc) is 2.72. The summed E-state index contributed by atoms with van der Waals surface area (Å²) in [5.74, 6) is 0. The average molecular weight is 254 g/mol. The van der Waals surface area contributed by atoms with Crippen molar-refractivity contribution in [3.05, 3.63) is 0 Å². The molecule has 0 bridgehead atoms. The van der Waals surface area contributed by atoms with Gasteiger partial charge in [-0.05, 0) is 46.1 Å². The Morgan fingerprint density at radius 2 is 2.22 bits per heavy atom. The van der Waals surface area contributed by atoms with E-state index in [1.54, 1.807) is 0 Å². The summed E-state index contributed by atoms with van der Waals surface area (Å²) in [5.41, 5.74) is 0.346. The summed E-state index contributed by atoms with van der Waals surface area (Å²) in [6.45, 7) is 8.93. The molecular formula is C15H30N2O. The molecule has 2 aliphatic heterocycles. The molecule has 3 heteroatoms. The van der Waals surface area contributed by atoms with Crippen molar-refractivity contribution in [1.82, 2.24) is 10.2 Å². The fraction of sp³-hybridized carbons (Fsp3) is 1.00. The van der Waals surface area contributed by atoms with Crippen LogP contribution >= 0.6 is 0 Å². The van der Waals surface area contributed by atoms with Crippen molar-refractivity contribution in [3.63, 3.8) is 0 Å². The Morgan fingerprint density at radius 1 is 1.39 bits per heavy atom. The topological polar surface area (TPSA) is 24.5 Å². The molecule has 0 saturated carbocycles. The summed E-state index contributed by atoms with van der Waals surface area (Å²) < 4.78 is 5.79. The molecule has 18 heavy (non-hydrogen) atoms. The predicted octanol–water partition coefficient (Wildman–Crippen LogP) is 2.27. The van der Waals surface area contributed by atoms with Crippen molar-refractivity contribution in [2.24, 2.45) is 5.41 Å². The number of likely N-dealkylation sites (tertiary alicyclic amines) is 1. The van der Waals surface area contributed by atoms with E-state index in [9.17, 15) is 0 Å². The van der Waals surface area contributed by atoms with Gasteiger partial charge in [-0.3, -0.25) is 4.90 Å². The van der Waals surface area contributed by atoms with Crippen molar-refractivity contribution in [2.45, 2.75) is 58.0 Å². The minimum absolute atomic E-state index is 0.346. The third-order valence-electron chi connectivity index (χ3n) is 4.90. The monoisotopic (exact) mass is 254 g/mol. The zero-order valence-corrected chi connectivity index (χ0v) is 12.4. The van der Waals surface area contributed by atoms with Crippen LogP contribution in [0.3, 0.4) is 0 Å². The van der Waals surface area contributed by atoms with Crippen LogP contribution < -0.4 is 5.32 Å². The summed E-state index contributed by atoms with van der Waals surface area (Å²) in [6, 6.07) is 1.56. The van der Waals surface area contributed by atoms with E-state index in [-0.39, 0.29) is 0 Å². The van der Waals surface area contributed by atoms with Gasteiger partial charge >= 0.3 is 0 Å². The Labute approximate surface area is 112 Å². The molecule has 2 fully saturated rings. The Bertz CT molecular complexity index is 245. The van der Waals surface area contributed by atoms with Crippen LogP contribution in [0.15, 0.2) is 0 Å². The van der Waals surface area contributed by atoms with Crippen molar-refractivity contribution in [2.75, 3.05) is 33.4 Å². The third-order valence-corrected chi connectivity index (χ3v) is 4.90. The largest absolute Gasteiger partial charge is 0.381 e. The highest BCUT2D eigenvalue weighted by molar-refractivity contribution is 4.93. The van der Waals surface area contributed by atoms with Crippen LogP contribution in [0.2, 0.25) is 0 Å². The lowest BCUT2D eigenvalue weighted by Gasteiger charge is -2.42. The summed E-state index contributed by atoms with van der Waals surface area (Å²) in [4.78, 5) is 2.76. The predicted molar refractivity (Wildman–Crippen MR) is 75.9 cm³/mol. The molecule has 3 atom stereocenters. The molecule has 0 aromatic heterocycles. The Balaban J connectivity index is 2.02. The number of rotatable bonds is 5. The summed E-state index contributed by atoms with van der Waals surface area (Å²) in [6.07, 6.45) is 6.58. The second-order valence-electron chi connectivity index (χ2n) is 6.35. The van der Waals surface area contributed by atoms with Crippen LogP contribution in [0.4, 0.5) is 0 Å². The van der Waals surface area contributed by atoms with Crippen molar-refractivity contribution >= 4 is 0 Å². The molecule has 0 radical (unpaired) electrons. The summed E-state index contributed by atoms with van der Waals surface area (Å²) in [7, 11) is 2.07. The molecule has 106 valence electrons. The van der Waals surface area contributed by atoms with Gasteiger partial charge < -0.3 is 10.1 Å². The normalized spacial score (nSPS) is 38.2. The van der Waals surface area contributed by atoms with Crippen molar-refractivity contribution in [3.8, 4) is 0 Å². The van der Waals surface area contributed by atoms with Gasteiger partial charge in [-0.15, -0.1) is 0 Å². The van der Waals surface area contributed by atoms with Crippen LogP contribution in [0.5, 0.6) is 0 Å². The number of hydrogen-bond acceptors (Lipinski definition) is 3. The van der Waals surface area contributed by atoms with Gasteiger partial charge in [0.2, 0.25) is 0 Å². The van der Waals surface area contributed by atoms with E-state index < -0.39 is 0 Å². The van der Waals surface area contributed by atoms with Gasteiger partial charge in [0.1, 0.15) is 0 Å². The number of nitrogens with one attached hydrogen (secondary N) is 1. The highest BCUT2D eigenvalue weighted by atomic mass is 16.5. The zero-order valence-electron chi connectivity index (χ0n) is 12.4. The number of nitrogens with zero attached hydrogens (tertiary/aromatic N) is 1. The lowest BCUT2D eigenvalue weighted by molar-refractivity contribution is -0.0327. The van der Waals surface area contributed by atoms with Gasteiger partial charge in [-0.25, -0.2) is 0 Å². The fourth-order valence-corrected chi connectivity index (χ4v) is 3.84. The molecule has 0 aromatic rings. The third kappa shape index (κ3) is 3.06. The highest BCUT2D eigenvalue weighted by Gasteiger charge is 2.39. The highest BCUT2D eigenvalue weighted by Crippen LogP contribution is 2.34. The molecule has 2 heterocycles. The molecule has 3 nitrogen and oxygen atoms in total. The molecule has 3 unspecified atom stereocenters. The van der Waals surface area contributed by atoms with E-state index in [1.165, 1.54) is 38.6 Å². The molecular weight excluding hydrogens is 224 g/mol. The van der Waals surface area contributed by atoms with Gasteiger partial charge in [0.15, 0.2) is 0 Å². The Kier molecular flexibility index (Phi) is 5.05. The molecule has 0 aromatic carbocycles. The summed E-state index contributed by atoms with van der Waals surface area (Å²) >= 11 is 0. The Hall–Kier alpha value is -0.120. The molecule has 2 aliphatic rings. The molecule has 0 aliphatic carbocycles. The Morgan fingerprint density at radius 3 is 2.83 bits per heavy atom. The van der Waals surface area contributed by atoms with Crippen LogP contribution in [0.1, 0.15) is 46.0 Å². The van der Waals surface area contributed by atoms with Gasteiger partial charge in [0.05, 0.1) is 6.61 Å². The van der Waals surface area contributed by atoms with Crippen LogP contribution in [0.25, 0.3) is 0 Å². The van der Waals surface area contributed by atoms with Crippen LogP contribution in [-0.4, -0.2) is 50.3 Å². The maximum Gasteiger partial charge on any atom is 0.0546 e. The lowest BCUT2D eigenvalue weighted by Crippen LogP contribution is -2.51. The van der Waals surface area contributed by atoms with E-state index >= 15 is 0 Å². The quantitative estimate of drug-likeness (QED) is 0.814. The van der Waals surface area contributed by atoms with E-state index in [0.717, 1.165) is 31.8 Å². The second-order valence-corrected chi connectivity index (χ2v) is 6.35.